The van der Waals surface area contributed by atoms with Gasteiger partial charge in [-0.05, 0) is 35.9 Å². The zero-order valence-corrected chi connectivity index (χ0v) is 9.93. The van der Waals surface area contributed by atoms with Gasteiger partial charge in [0.05, 0.1) is 17.8 Å². The molecule has 0 saturated heterocycles. The summed E-state index contributed by atoms with van der Waals surface area (Å²) in [6.45, 7) is 0. The van der Waals surface area contributed by atoms with Crippen LogP contribution in [0, 0.1) is 5.82 Å². The quantitative estimate of drug-likeness (QED) is 0.902. The number of hydrogen-bond donors (Lipinski definition) is 1. The lowest BCUT2D eigenvalue weighted by molar-refractivity contribution is -0.136. The lowest BCUT2D eigenvalue weighted by atomic mass is 10.1. The number of aryl methyl sites for hydroxylation is 2. The van der Waals surface area contributed by atoms with E-state index in [0.717, 1.165) is 17.0 Å². The summed E-state index contributed by atoms with van der Waals surface area (Å²) in [5.41, 5.74) is 2.42. The summed E-state index contributed by atoms with van der Waals surface area (Å²) in [6.07, 6.45) is 0.449. The van der Waals surface area contributed by atoms with Crippen molar-refractivity contribution >= 4 is 5.97 Å². The van der Waals surface area contributed by atoms with E-state index in [2.05, 4.69) is 5.10 Å². The smallest absolute Gasteiger partial charge is 0.303 e. The van der Waals surface area contributed by atoms with Crippen molar-refractivity contribution in [1.82, 2.24) is 9.78 Å². The highest BCUT2D eigenvalue weighted by molar-refractivity contribution is 5.67. The fraction of sp³-hybridized carbons (Fsp3) is 0.231. The van der Waals surface area contributed by atoms with Crippen molar-refractivity contribution in [2.24, 2.45) is 7.05 Å². The Morgan fingerprint density at radius 2 is 2.06 bits per heavy atom. The van der Waals surface area contributed by atoms with Crippen LogP contribution in [0.5, 0.6) is 0 Å². The molecule has 0 bridgehead atoms. The molecule has 0 amide bonds. The summed E-state index contributed by atoms with van der Waals surface area (Å²) in [5.74, 6) is -1.13. The zero-order valence-electron chi connectivity index (χ0n) is 9.93. The van der Waals surface area contributed by atoms with Gasteiger partial charge >= 0.3 is 5.97 Å². The first-order valence-electron chi connectivity index (χ1n) is 5.57. The molecule has 0 saturated carbocycles. The van der Waals surface area contributed by atoms with E-state index in [1.165, 1.54) is 12.1 Å². The van der Waals surface area contributed by atoms with Crippen LogP contribution in [0.25, 0.3) is 11.3 Å². The van der Waals surface area contributed by atoms with Crippen molar-refractivity contribution in [3.63, 3.8) is 0 Å². The van der Waals surface area contributed by atoms with Crippen molar-refractivity contribution in [1.29, 1.82) is 0 Å². The molecule has 0 unspecified atom stereocenters. The van der Waals surface area contributed by atoms with E-state index in [4.69, 9.17) is 5.11 Å². The lowest BCUT2D eigenvalue weighted by Gasteiger charge is -2.00. The van der Waals surface area contributed by atoms with E-state index in [0.29, 0.717) is 6.42 Å². The fourth-order valence-electron chi connectivity index (χ4n) is 1.77. The summed E-state index contributed by atoms with van der Waals surface area (Å²) in [6, 6.07) is 7.95. The van der Waals surface area contributed by atoms with Crippen molar-refractivity contribution in [3.8, 4) is 11.3 Å². The molecule has 0 spiro atoms. The predicted octanol–water partition coefficient (Wildman–Crippen LogP) is 2.24. The number of carboxylic acids is 1. The maximum Gasteiger partial charge on any atom is 0.303 e. The Morgan fingerprint density at radius 1 is 1.39 bits per heavy atom. The van der Waals surface area contributed by atoms with E-state index < -0.39 is 5.97 Å². The highest BCUT2D eigenvalue weighted by Gasteiger charge is 2.08. The molecular formula is C13H13FN2O2. The maximum absolute atomic E-state index is 12.8. The van der Waals surface area contributed by atoms with Crippen LogP contribution in [-0.2, 0) is 18.3 Å². The minimum atomic E-state index is -0.844. The van der Waals surface area contributed by atoms with Gasteiger partial charge in [-0.2, -0.15) is 5.10 Å². The minimum absolute atomic E-state index is 0.0554. The molecule has 1 aromatic heterocycles. The Bertz CT molecular complexity index is 561. The molecule has 0 aliphatic rings. The van der Waals surface area contributed by atoms with Crippen LogP contribution >= 0.6 is 0 Å². The van der Waals surface area contributed by atoms with Crippen LogP contribution < -0.4 is 0 Å². The summed E-state index contributed by atoms with van der Waals surface area (Å²) in [4.78, 5) is 10.5. The van der Waals surface area contributed by atoms with Gasteiger partial charge in [-0.15, -0.1) is 0 Å². The maximum atomic E-state index is 12.8. The lowest BCUT2D eigenvalue weighted by Crippen LogP contribution is -1.99. The van der Waals surface area contributed by atoms with Crippen LogP contribution in [0.15, 0.2) is 30.3 Å². The number of carbonyl (C=O) groups is 1. The van der Waals surface area contributed by atoms with Crippen LogP contribution in [0.2, 0.25) is 0 Å². The number of nitrogens with zero attached hydrogens (tertiary/aromatic N) is 2. The molecule has 0 aliphatic carbocycles. The van der Waals surface area contributed by atoms with Gasteiger partial charge in [0.1, 0.15) is 5.82 Å². The Hall–Kier alpha value is -2.17. The number of halogens is 1. The van der Waals surface area contributed by atoms with E-state index in [1.54, 1.807) is 23.9 Å². The molecule has 1 aromatic carbocycles. The van der Waals surface area contributed by atoms with E-state index in [1.807, 2.05) is 6.07 Å². The van der Waals surface area contributed by atoms with Crippen LogP contribution in [-0.4, -0.2) is 20.9 Å². The van der Waals surface area contributed by atoms with Crippen LogP contribution in [0.3, 0.4) is 0 Å². The summed E-state index contributed by atoms with van der Waals surface area (Å²) >= 11 is 0. The topological polar surface area (TPSA) is 55.1 Å². The van der Waals surface area contributed by atoms with Crippen LogP contribution in [0.4, 0.5) is 4.39 Å². The van der Waals surface area contributed by atoms with E-state index >= 15 is 0 Å². The highest BCUT2D eigenvalue weighted by Crippen LogP contribution is 2.20. The van der Waals surface area contributed by atoms with Crippen molar-refractivity contribution in [3.05, 3.63) is 41.8 Å². The third-order valence-electron chi connectivity index (χ3n) is 2.67. The van der Waals surface area contributed by atoms with Gasteiger partial charge < -0.3 is 5.11 Å². The fourth-order valence-corrected chi connectivity index (χ4v) is 1.77. The molecule has 2 aromatic rings. The second kappa shape index (κ2) is 5.00. The zero-order chi connectivity index (χ0) is 13.1. The van der Waals surface area contributed by atoms with Gasteiger partial charge in [-0.1, -0.05) is 0 Å². The molecule has 1 heterocycles. The van der Waals surface area contributed by atoms with Gasteiger partial charge in [0.15, 0.2) is 0 Å². The molecule has 4 nitrogen and oxygen atoms in total. The number of carboxylic acid groups (broad SMARTS) is 1. The normalized spacial score (nSPS) is 10.6. The third kappa shape index (κ3) is 2.74. The largest absolute Gasteiger partial charge is 0.481 e. The average molecular weight is 248 g/mol. The monoisotopic (exact) mass is 248 g/mol. The molecule has 2 rings (SSSR count). The first-order valence-corrected chi connectivity index (χ1v) is 5.57. The molecule has 18 heavy (non-hydrogen) atoms. The number of hydrogen-bond acceptors (Lipinski definition) is 2. The second-order valence-electron chi connectivity index (χ2n) is 4.05. The summed E-state index contributed by atoms with van der Waals surface area (Å²) in [7, 11) is 1.78. The van der Waals surface area contributed by atoms with Crippen molar-refractivity contribution < 1.29 is 14.3 Å². The minimum Gasteiger partial charge on any atom is -0.481 e. The highest BCUT2D eigenvalue weighted by atomic mass is 19.1. The van der Waals surface area contributed by atoms with Gasteiger partial charge in [0.25, 0.3) is 0 Å². The molecule has 0 radical (unpaired) electrons. The summed E-state index contributed by atoms with van der Waals surface area (Å²) < 4.78 is 14.5. The molecule has 5 heteroatoms. The molecule has 0 fully saturated rings. The average Bonchev–Trinajstić information content (AvgIpc) is 2.69. The van der Waals surface area contributed by atoms with Crippen molar-refractivity contribution in [2.45, 2.75) is 12.8 Å². The van der Waals surface area contributed by atoms with Crippen molar-refractivity contribution in [2.75, 3.05) is 0 Å². The van der Waals surface area contributed by atoms with Crippen LogP contribution in [0.1, 0.15) is 12.1 Å². The van der Waals surface area contributed by atoms with E-state index in [-0.39, 0.29) is 12.2 Å². The number of benzene rings is 1. The molecule has 0 atom stereocenters. The Morgan fingerprint density at radius 3 is 2.67 bits per heavy atom. The number of rotatable bonds is 4. The second-order valence-corrected chi connectivity index (χ2v) is 4.05. The van der Waals surface area contributed by atoms with E-state index in [9.17, 15) is 9.18 Å². The number of aliphatic carboxylic acids is 1. The Balaban J connectivity index is 2.23. The SMILES string of the molecule is Cn1nc(CCC(=O)O)cc1-c1ccc(F)cc1. The molecule has 94 valence electrons. The Kier molecular flexibility index (Phi) is 3.41. The molecular weight excluding hydrogens is 235 g/mol. The predicted molar refractivity (Wildman–Crippen MR) is 64.6 cm³/mol. The molecule has 1 N–H and O–H groups in total. The standard InChI is InChI=1S/C13H13FN2O2/c1-16-12(9-2-4-10(14)5-3-9)8-11(15-16)6-7-13(17)18/h2-5,8H,6-7H2,1H3,(H,17,18). The van der Waals surface area contributed by atoms with Gasteiger partial charge in [-0.25, -0.2) is 4.39 Å². The first-order chi connectivity index (χ1) is 8.56. The Labute approximate surface area is 104 Å². The third-order valence-corrected chi connectivity index (χ3v) is 2.67. The van der Waals surface area contributed by atoms with Gasteiger partial charge in [-0.3, -0.25) is 9.48 Å². The number of aromatic nitrogens is 2. The van der Waals surface area contributed by atoms with Gasteiger partial charge in [0.2, 0.25) is 0 Å². The first kappa shape index (κ1) is 12.3. The van der Waals surface area contributed by atoms with Gasteiger partial charge in [0, 0.05) is 13.5 Å². The summed E-state index contributed by atoms with van der Waals surface area (Å²) in [5, 5.41) is 12.9. The molecule has 0 aliphatic heterocycles.